The summed E-state index contributed by atoms with van der Waals surface area (Å²) in [4.78, 5) is 18.3. The number of hydrogen-bond donors (Lipinski definition) is 1. The van der Waals surface area contributed by atoms with Crippen LogP contribution >= 0.6 is 0 Å². The molecule has 22 heavy (non-hydrogen) atoms. The SMILES string of the molecule is NCC1CC(CC(=O)N2CCC(OCc3ccncc3)C2)C1. The highest BCUT2D eigenvalue weighted by molar-refractivity contribution is 5.76. The standard InChI is InChI=1S/C17H25N3O2/c18-10-15-7-14(8-15)9-17(21)20-6-3-16(11-20)22-12-13-1-4-19-5-2-13/h1-2,4-5,14-16H,3,6-12,18H2. The number of carbonyl (C=O) groups excluding carboxylic acids is 1. The first-order valence-corrected chi connectivity index (χ1v) is 8.23. The highest BCUT2D eigenvalue weighted by Gasteiger charge is 2.33. The van der Waals surface area contributed by atoms with E-state index >= 15 is 0 Å². The number of hydrogen-bond acceptors (Lipinski definition) is 4. The number of nitrogens with two attached hydrogens (primary N) is 1. The lowest BCUT2D eigenvalue weighted by atomic mass is 9.73. The maximum absolute atomic E-state index is 12.3. The number of pyridine rings is 1. The van der Waals surface area contributed by atoms with Crippen LogP contribution in [0.25, 0.3) is 0 Å². The number of ether oxygens (including phenoxy) is 1. The van der Waals surface area contributed by atoms with Gasteiger partial charge < -0.3 is 15.4 Å². The van der Waals surface area contributed by atoms with E-state index < -0.39 is 0 Å². The van der Waals surface area contributed by atoms with Gasteiger partial charge in [0.2, 0.25) is 5.91 Å². The third kappa shape index (κ3) is 3.84. The first-order chi connectivity index (χ1) is 10.7. The Labute approximate surface area is 131 Å². The summed E-state index contributed by atoms with van der Waals surface area (Å²) in [6.45, 7) is 2.92. The van der Waals surface area contributed by atoms with Crippen LogP contribution in [0.15, 0.2) is 24.5 Å². The van der Waals surface area contributed by atoms with Gasteiger partial charge in [0.15, 0.2) is 0 Å². The molecule has 1 aromatic heterocycles. The summed E-state index contributed by atoms with van der Waals surface area (Å²) in [6, 6.07) is 3.92. The lowest BCUT2D eigenvalue weighted by Gasteiger charge is -2.35. The fourth-order valence-electron chi connectivity index (χ4n) is 3.39. The Balaban J connectivity index is 1.37. The predicted molar refractivity (Wildman–Crippen MR) is 83.9 cm³/mol. The van der Waals surface area contributed by atoms with Crippen LogP contribution in [-0.4, -0.2) is 41.5 Å². The zero-order valence-electron chi connectivity index (χ0n) is 13.0. The van der Waals surface area contributed by atoms with E-state index in [1.165, 1.54) is 0 Å². The second-order valence-electron chi connectivity index (χ2n) is 6.56. The Hall–Kier alpha value is -1.46. The molecule has 0 radical (unpaired) electrons. The zero-order valence-corrected chi connectivity index (χ0v) is 13.0. The molecule has 1 aromatic rings. The summed E-state index contributed by atoms with van der Waals surface area (Å²) in [6.07, 6.45) is 7.58. The van der Waals surface area contributed by atoms with E-state index in [9.17, 15) is 4.79 Å². The molecule has 2 heterocycles. The third-order valence-electron chi connectivity index (χ3n) is 4.86. The second-order valence-corrected chi connectivity index (χ2v) is 6.56. The summed E-state index contributed by atoms with van der Waals surface area (Å²) in [7, 11) is 0. The van der Waals surface area contributed by atoms with Gasteiger partial charge in [-0.2, -0.15) is 0 Å². The lowest BCUT2D eigenvalue weighted by Crippen LogP contribution is -2.36. The van der Waals surface area contributed by atoms with Gasteiger partial charge in [-0.15, -0.1) is 0 Å². The molecule has 3 rings (SSSR count). The Morgan fingerprint density at radius 2 is 2.09 bits per heavy atom. The molecule has 1 unspecified atom stereocenters. The molecule has 0 bridgehead atoms. The highest BCUT2D eigenvalue weighted by atomic mass is 16.5. The summed E-state index contributed by atoms with van der Waals surface area (Å²) in [5, 5.41) is 0. The molecule has 1 atom stereocenters. The largest absolute Gasteiger partial charge is 0.372 e. The van der Waals surface area contributed by atoms with Gasteiger partial charge >= 0.3 is 0 Å². The minimum absolute atomic E-state index is 0.162. The monoisotopic (exact) mass is 303 g/mol. The Morgan fingerprint density at radius 3 is 2.82 bits per heavy atom. The van der Waals surface area contributed by atoms with Crippen molar-refractivity contribution < 1.29 is 9.53 Å². The number of rotatable bonds is 6. The molecule has 0 aromatic carbocycles. The molecule has 5 heteroatoms. The van der Waals surface area contributed by atoms with Crippen LogP contribution in [0.2, 0.25) is 0 Å². The van der Waals surface area contributed by atoms with E-state index in [2.05, 4.69) is 4.98 Å². The zero-order chi connectivity index (χ0) is 15.4. The average Bonchev–Trinajstić information content (AvgIpc) is 2.98. The minimum Gasteiger partial charge on any atom is -0.372 e. The number of aromatic nitrogens is 1. The average molecular weight is 303 g/mol. The fraction of sp³-hybridized carbons (Fsp3) is 0.647. The topological polar surface area (TPSA) is 68.5 Å². The van der Waals surface area contributed by atoms with Crippen molar-refractivity contribution in [1.82, 2.24) is 9.88 Å². The third-order valence-corrected chi connectivity index (χ3v) is 4.86. The Bertz CT molecular complexity index is 488. The van der Waals surface area contributed by atoms with Crippen LogP contribution in [0.4, 0.5) is 0 Å². The van der Waals surface area contributed by atoms with Crippen LogP contribution < -0.4 is 5.73 Å². The molecule has 120 valence electrons. The van der Waals surface area contributed by atoms with Gasteiger partial charge in [-0.05, 0) is 55.3 Å². The van der Waals surface area contributed by atoms with Crippen molar-refractivity contribution in [3.05, 3.63) is 30.1 Å². The van der Waals surface area contributed by atoms with Crippen molar-refractivity contribution in [2.45, 2.75) is 38.4 Å². The van der Waals surface area contributed by atoms with Gasteiger partial charge in [-0.3, -0.25) is 9.78 Å². The normalized spacial score (nSPS) is 27.7. The van der Waals surface area contributed by atoms with Crippen molar-refractivity contribution in [2.75, 3.05) is 19.6 Å². The van der Waals surface area contributed by atoms with Crippen LogP contribution in [0.1, 0.15) is 31.2 Å². The fourth-order valence-corrected chi connectivity index (χ4v) is 3.39. The van der Waals surface area contributed by atoms with Crippen molar-refractivity contribution in [1.29, 1.82) is 0 Å². The van der Waals surface area contributed by atoms with Gasteiger partial charge in [0.25, 0.3) is 0 Å². The smallest absolute Gasteiger partial charge is 0.222 e. The van der Waals surface area contributed by atoms with E-state index in [0.29, 0.717) is 24.9 Å². The first-order valence-electron chi connectivity index (χ1n) is 8.23. The number of carbonyl (C=O) groups is 1. The minimum atomic E-state index is 0.162. The quantitative estimate of drug-likeness (QED) is 0.866. The Kier molecular flexibility index (Phi) is 5.05. The summed E-state index contributed by atoms with van der Waals surface area (Å²) in [5.41, 5.74) is 6.76. The van der Waals surface area contributed by atoms with Gasteiger partial charge in [-0.25, -0.2) is 0 Å². The molecule has 2 fully saturated rings. The molecule has 1 aliphatic heterocycles. The van der Waals surface area contributed by atoms with E-state index in [4.69, 9.17) is 10.5 Å². The van der Waals surface area contributed by atoms with Gasteiger partial charge in [0.1, 0.15) is 0 Å². The van der Waals surface area contributed by atoms with Gasteiger partial charge in [-0.1, -0.05) is 0 Å². The number of nitrogens with zero attached hydrogens (tertiary/aromatic N) is 2. The molecule has 2 N–H and O–H groups in total. The number of amides is 1. The maximum atomic E-state index is 12.3. The van der Waals surface area contributed by atoms with Crippen LogP contribution in [0.5, 0.6) is 0 Å². The van der Waals surface area contributed by atoms with E-state index in [1.54, 1.807) is 12.4 Å². The van der Waals surface area contributed by atoms with Crippen LogP contribution in [0, 0.1) is 11.8 Å². The van der Waals surface area contributed by atoms with Crippen LogP contribution in [-0.2, 0) is 16.1 Å². The van der Waals surface area contributed by atoms with Crippen molar-refractivity contribution >= 4 is 5.91 Å². The van der Waals surface area contributed by atoms with Crippen molar-refractivity contribution in [2.24, 2.45) is 17.6 Å². The predicted octanol–water partition coefficient (Wildman–Crippen LogP) is 1.57. The van der Waals surface area contributed by atoms with E-state index in [1.807, 2.05) is 17.0 Å². The summed E-state index contributed by atoms with van der Waals surface area (Å²) >= 11 is 0. The van der Waals surface area contributed by atoms with Gasteiger partial charge in [0, 0.05) is 31.9 Å². The van der Waals surface area contributed by atoms with E-state index in [-0.39, 0.29) is 12.0 Å². The Morgan fingerprint density at radius 1 is 1.32 bits per heavy atom. The summed E-state index contributed by atoms with van der Waals surface area (Å²) < 4.78 is 5.91. The summed E-state index contributed by atoms with van der Waals surface area (Å²) in [5.74, 6) is 1.49. The first kappa shape index (κ1) is 15.4. The van der Waals surface area contributed by atoms with Crippen LogP contribution in [0.3, 0.4) is 0 Å². The molecular weight excluding hydrogens is 278 g/mol. The number of likely N-dealkylation sites (tertiary alicyclic amines) is 1. The highest BCUT2D eigenvalue weighted by Crippen LogP contribution is 2.35. The van der Waals surface area contributed by atoms with E-state index in [0.717, 1.165) is 44.5 Å². The molecule has 2 aliphatic rings. The maximum Gasteiger partial charge on any atom is 0.222 e. The molecule has 1 saturated heterocycles. The lowest BCUT2D eigenvalue weighted by molar-refractivity contribution is -0.132. The second kappa shape index (κ2) is 7.20. The molecular formula is C17H25N3O2. The van der Waals surface area contributed by atoms with Gasteiger partial charge in [0.05, 0.1) is 12.7 Å². The molecule has 1 amide bonds. The molecule has 1 saturated carbocycles. The van der Waals surface area contributed by atoms with Crippen molar-refractivity contribution in [3.8, 4) is 0 Å². The van der Waals surface area contributed by atoms with Crippen molar-refractivity contribution in [3.63, 3.8) is 0 Å². The molecule has 0 spiro atoms. The molecule has 1 aliphatic carbocycles. The molecule has 5 nitrogen and oxygen atoms in total.